The van der Waals surface area contributed by atoms with E-state index in [0.717, 1.165) is 25.2 Å². The van der Waals surface area contributed by atoms with Crippen LogP contribution in [0, 0.1) is 11.3 Å². The Labute approximate surface area is 137 Å². The zero-order chi connectivity index (χ0) is 16.1. The quantitative estimate of drug-likeness (QED) is 0.942. The van der Waals surface area contributed by atoms with Gasteiger partial charge in [0, 0.05) is 32.4 Å². The molecule has 1 unspecified atom stereocenters. The Hall–Kier alpha value is -2.35. The first-order valence-electron chi connectivity index (χ1n) is 7.90. The van der Waals surface area contributed by atoms with Crippen molar-refractivity contribution in [3.8, 4) is 6.07 Å². The number of nitrogens with one attached hydrogen (secondary N) is 1. The first-order chi connectivity index (χ1) is 11.3. The molecule has 1 fully saturated rings. The largest absolute Gasteiger partial charge is 0.388 e. The minimum atomic E-state index is 0.0267. The van der Waals surface area contributed by atoms with E-state index in [9.17, 15) is 0 Å². The van der Waals surface area contributed by atoms with Crippen molar-refractivity contribution in [2.75, 3.05) is 32.1 Å². The number of benzene rings is 2. The summed E-state index contributed by atoms with van der Waals surface area (Å²) in [5, 5.41) is 12.3. The van der Waals surface area contributed by atoms with Crippen LogP contribution in [0.1, 0.15) is 22.8 Å². The number of hydrogen-bond acceptors (Lipinski definition) is 4. The molecule has 4 nitrogen and oxygen atoms in total. The van der Waals surface area contributed by atoms with Crippen LogP contribution in [0.5, 0.6) is 0 Å². The van der Waals surface area contributed by atoms with Gasteiger partial charge in [-0.25, -0.2) is 0 Å². The van der Waals surface area contributed by atoms with E-state index in [1.807, 2.05) is 37.4 Å². The standard InChI is InChI=1S/C19H21N3O/c1-21-18-8-3-2-6-17(18)13-22-9-10-23-19(14-22)16-7-4-5-15(11-16)12-20/h2-8,11,19,21H,9-10,13-14H2,1H3. The van der Waals surface area contributed by atoms with Crippen LogP contribution in [0.4, 0.5) is 5.69 Å². The van der Waals surface area contributed by atoms with Crippen molar-refractivity contribution in [2.45, 2.75) is 12.6 Å². The van der Waals surface area contributed by atoms with Crippen molar-refractivity contribution in [2.24, 2.45) is 0 Å². The fourth-order valence-corrected chi connectivity index (χ4v) is 3.00. The molecule has 1 aliphatic heterocycles. The lowest BCUT2D eigenvalue weighted by Crippen LogP contribution is -2.37. The highest BCUT2D eigenvalue weighted by Gasteiger charge is 2.22. The summed E-state index contributed by atoms with van der Waals surface area (Å²) in [6.07, 6.45) is 0.0267. The SMILES string of the molecule is CNc1ccccc1CN1CCOC(c2cccc(C#N)c2)C1. The minimum Gasteiger partial charge on any atom is -0.388 e. The summed E-state index contributed by atoms with van der Waals surface area (Å²) >= 11 is 0. The highest BCUT2D eigenvalue weighted by molar-refractivity contribution is 5.50. The Morgan fingerprint density at radius 2 is 2.13 bits per heavy atom. The number of anilines is 1. The molecule has 0 radical (unpaired) electrons. The third-order valence-electron chi connectivity index (χ3n) is 4.22. The smallest absolute Gasteiger partial charge is 0.0991 e. The molecule has 1 saturated heterocycles. The van der Waals surface area contributed by atoms with E-state index in [1.54, 1.807) is 0 Å². The zero-order valence-corrected chi connectivity index (χ0v) is 13.3. The van der Waals surface area contributed by atoms with Gasteiger partial charge >= 0.3 is 0 Å². The predicted octanol–water partition coefficient (Wildman–Crippen LogP) is 3.17. The van der Waals surface area contributed by atoms with Gasteiger partial charge in [0.15, 0.2) is 0 Å². The average Bonchev–Trinajstić information content (AvgIpc) is 2.62. The maximum absolute atomic E-state index is 9.06. The molecule has 2 aromatic rings. The molecule has 118 valence electrons. The van der Waals surface area contributed by atoms with Gasteiger partial charge in [0.05, 0.1) is 24.3 Å². The molecular formula is C19H21N3O. The summed E-state index contributed by atoms with van der Waals surface area (Å²) < 4.78 is 5.92. The topological polar surface area (TPSA) is 48.3 Å². The number of nitrogens with zero attached hydrogens (tertiary/aromatic N) is 2. The van der Waals surface area contributed by atoms with E-state index in [2.05, 4.69) is 34.5 Å². The summed E-state index contributed by atoms with van der Waals surface area (Å²) in [5.74, 6) is 0. The second-order valence-electron chi connectivity index (χ2n) is 5.74. The molecule has 0 aromatic heterocycles. The van der Waals surface area contributed by atoms with Crippen LogP contribution < -0.4 is 5.32 Å². The van der Waals surface area contributed by atoms with Gasteiger partial charge in [0.2, 0.25) is 0 Å². The average molecular weight is 307 g/mol. The van der Waals surface area contributed by atoms with Crippen LogP contribution in [-0.4, -0.2) is 31.6 Å². The lowest BCUT2D eigenvalue weighted by Gasteiger charge is -2.33. The van der Waals surface area contributed by atoms with E-state index in [0.29, 0.717) is 12.2 Å². The highest BCUT2D eigenvalue weighted by Crippen LogP contribution is 2.25. The Morgan fingerprint density at radius 3 is 2.96 bits per heavy atom. The number of hydrogen-bond donors (Lipinski definition) is 1. The Bertz CT molecular complexity index is 708. The van der Waals surface area contributed by atoms with E-state index in [1.165, 1.54) is 11.3 Å². The lowest BCUT2D eigenvalue weighted by atomic mass is 10.0. The first-order valence-corrected chi connectivity index (χ1v) is 7.90. The fourth-order valence-electron chi connectivity index (χ4n) is 3.00. The maximum atomic E-state index is 9.06. The van der Waals surface area contributed by atoms with Crippen molar-refractivity contribution >= 4 is 5.69 Å². The molecule has 1 heterocycles. The number of ether oxygens (including phenoxy) is 1. The van der Waals surface area contributed by atoms with Gasteiger partial charge < -0.3 is 10.1 Å². The van der Waals surface area contributed by atoms with Crippen LogP contribution in [0.15, 0.2) is 48.5 Å². The molecule has 2 aromatic carbocycles. The van der Waals surface area contributed by atoms with E-state index < -0.39 is 0 Å². The van der Waals surface area contributed by atoms with Crippen molar-refractivity contribution in [3.05, 3.63) is 65.2 Å². The van der Waals surface area contributed by atoms with Gasteiger partial charge in [-0.15, -0.1) is 0 Å². The molecular weight excluding hydrogens is 286 g/mol. The number of nitriles is 1. The second kappa shape index (κ2) is 7.28. The molecule has 4 heteroatoms. The Balaban J connectivity index is 1.72. The molecule has 0 saturated carbocycles. The number of rotatable bonds is 4. The predicted molar refractivity (Wildman–Crippen MR) is 91.1 cm³/mol. The van der Waals surface area contributed by atoms with Gasteiger partial charge in [0.1, 0.15) is 0 Å². The zero-order valence-electron chi connectivity index (χ0n) is 13.3. The summed E-state index contributed by atoms with van der Waals surface area (Å²) in [6.45, 7) is 3.37. The summed E-state index contributed by atoms with van der Waals surface area (Å²) in [7, 11) is 1.95. The summed E-state index contributed by atoms with van der Waals surface area (Å²) in [6, 6.07) is 18.3. The van der Waals surface area contributed by atoms with E-state index in [4.69, 9.17) is 10.00 Å². The highest BCUT2D eigenvalue weighted by atomic mass is 16.5. The molecule has 3 rings (SSSR count). The van der Waals surface area contributed by atoms with Crippen molar-refractivity contribution in [1.29, 1.82) is 5.26 Å². The Morgan fingerprint density at radius 1 is 1.26 bits per heavy atom. The Kier molecular flexibility index (Phi) is 4.92. The maximum Gasteiger partial charge on any atom is 0.0991 e. The van der Waals surface area contributed by atoms with Crippen molar-refractivity contribution in [3.63, 3.8) is 0 Å². The molecule has 0 bridgehead atoms. The summed E-state index contributed by atoms with van der Waals surface area (Å²) in [4.78, 5) is 2.41. The molecule has 0 amide bonds. The molecule has 0 spiro atoms. The lowest BCUT2D eigenvalue weighted by molar-refractivity contribution is -0.0328. The van der Waals surface area contributed by atoms with Gasteiger partial charge in [-0.1, -0.05) is 30.3 Å². The van der Waals surface area contributed by atoms with Gasteiger partial charge in [-0.05, 0) is 29.3 Å². The van der Waals surface area contributed by atoms with Crippen molar-refractivity contribution in [1.82, 2.24) is 4.90 Å². The third-order valence-corrected chi connectivity index (χ3v) is 4.22. The normalized spacial score (nSPS) is 18.3. The fraction of sp³-hybridized carbons (Fsp3) is 0.316. The molecule has 23 heavy (non-hydrogen) atoms. The summed E-state index contributed by atoms with van der Waals surface area (Å²) in [5.41, 5.74) is 4.22. The van der Waals surface area contributed by atoms with E-state index in [-0.39, 0.29) is 6.10 Å². The monoisotopic (exact) mass is 307 g/mol. The molecule has 1 N–H and O–H groups in total. The van der Waals surface area contributed by atoms with Gasteiger partial charge in [-0.3, -0.25) is 4.90 Å². The van der Waals surface area contributed by atoms with Gasteiger partial charge in [0.25, 0.3) is 0 Å². The first kappa shape index (κ1) is 15.5. The van der Waals surface area contributed by atoms with Crippen LogP contribution in [0.3, 0.4) is 0 Å². The number of para-hydroxylation sites is 1. The minimum absolute atomic E-state index is 0.0267. The third kappa shape index (κ3) is 3.70. The number of morpholine rings is 1. The second-order valence-corrected chi connectivity index (χ2v) is 5.74. The van der Waals surface area contributed by atoms with Crippen LogP contribution in [-0.2, 0) is 11.3 Å². The van der Waals surface area contributed by atoms with Crippen molar-refractivity contribution < 1.29 is 4.74 Å². The molecule has 1 atom stereocenters. The molecule has 0 aliphatic carbocycles. The van der Waals surface area contributed by atoms with Crippen LogP contribution in [0.2, 0.25) is 0 Å². The van der Waals surface area contributed by atoms with E-state index >= 15 is 0 Å². The van der Waals surface area contributed by atoms with Crippen LogP contribution in [0.25, 0.3) is 0 Å². The van der Waals surface area contributed by atoms with Crippen LogP contribution >= 0.6 is 0 Å². The van der Waals surface area contributed by atoms with Gasteiger partial charge in [-0.2, -0.15) is 5.26 Å². The molecule has 1 aliphatic rings.